The van der Waals surface area contributed by atoms with E-state index in [0.717, 1.165) is 71.0 Å². The van der Waals surface area contributed by atoms with E-state index in [1.54, 1.807) is 0 Å². The number of aromatic nitrogens is 2. The van der Waals surface area contributed by atoms with Crippen molar-refractivity contribution < 1.29 is 14.3 Å². The Kier molecular flexibility index (Phi) is 7.89. The molecule has 1 aromatic heterocycles. The molecule has 0 aliphatic carbocycles. The first-order chi connectivity index (χ1) is 16.0. The minimum atomic E-state index is -0.294. The largest absolute Gasteiger partial charge is 0.494 e. The second kappa shape index (κ2) is 11.0. The highest BCUT2D eigenvalue weighted by atomic mass is 35.5. The van der Waals surface area contributed by atoms with Gasteiger partial charge in [-0.05, 0) is 74.9 Å². The summed E-state index contributed by atoms with van der Waals surface area (Å²) in [7, 11) is 0. The second-order valence-corrected chi connectivity index (χ2v) is 9.02. The number of halogens is 1. The van der Waals surface area contributed by atoms with Crippen LogP contribution in [0.15, 0.2) is 36.4 Å². The first kappa shape index (κ1) is 23.6. The van der Waals surface area contributed by atoms with Crippen molar-refractivity contribution in [2.75, 3.05) is 19.8 Å². The van der Waals surface area contributed by atoms with Crippen LogP contribution in [-0.2, 0) is 22.5 Å². The molecule has 0 saturated carbocycles. The van der Waals surface area contributed by atoms with Crippen LogP contribution in [0.5, 0.6) is 5.75 Å². The number of benzene rings is 2. The minimum absolute atomic E-state index is 0.0139. The maximum atomic E-state index is 12.2. The molecule has 3 aromatic rings. The quantitative estimate of drug-likeness (QED) is 0.424. The third kappa shape index (κ3) is 5.87. The smallest absolute Gasteiger partial charge is 0.249 e. The van der Waals surface area contributed by atoms with Gasteiger partial charge in [-0.2, -0.15) is 0 Å². The van der Waals surface area contributed by atoms with Crippen molar-refractivity contribution in [3.05, 3.63) is 58.4 Å². The SMILES string of the molecule is Cc1cc(OCCCCn2c(CCNC(=O)C3CCCO3)nc3ccccc32)cc(C)c1Cl. The fourth-order valence-electron chi connectivity index (χ4n) is 4.31. The van der Waals surface area contributed by atoms with Crippen LogP contribution in [0.4, 0.5) is 0 Å². The van der Waals surface area contributed by atoms with Gasteiger partial charge in [-0.3, -0.25) is 4.79 Å². The molecule has 1 unspecified atom stereocenters. The van der Waals surface area contributed by atoms with Crippen molar-refractivity contribution in [1.29, 1.82) is 0 Å². The molecule has 7 heteroatoms. The standard InChI is InChI=1S/C26H32ClN3O3/c1-18-16-20(17-19(2)25(18)27)32-14-6-5-13-30-22-9-4-3-8-21(22)29-24(30)11-12-28-26(31)23-10-7-15-33-23/h3-4,8-9,16-17,23H,5-7,10-15H2,1-2H3,(H,28,31). The molecule has 0 spiro atoms. The molecule has 1 saturated heterocycles. The number of aryl methyl sites for hydroxylation is 3. The maximum absolute atomic E-state index is 12.2. The second-order valence-electron chi connectivity index (χ2n) is 8.64. The van der Waals surface area contributed by atoms with Gasteiger partial charge in [-0.15, -0.1) is 0 Å². The van der Waals surface area contributed by atoms with Crippen molar-refractivity contribution >= 4 is 28.5 Å². The summed E-state index contributed by atoms with van der Waals surface area (Å²) in [5.74, 6) is 1.85. The van der Waals surface area contributed by atoms with Crippen molar-refractivity contribution in [3.8, 4) is 5.75 Å². The maximum Gasteiger partial charge on any atom is 0.249 e. The fraction of sp³-hybridized carbons (Fsp3) is 0.462. The number of nitrogens with one attached hydrogen (secondary N) is 1. The van der Waals surface area contributed by atoms with Crippen LogP contribution in [0, 0.1) is 13.8 Å². The molecule has 2 aromatic carbocycles. The van der Waals surface area contributed by atoms with Gasteiger partial charge in [0.25, 0.3) is 0 Å². The number of ether oxygens (including phenoxy) is 2. The van der Waals surface area contributed by atoms with E-state index < -0.39 is 0 Å². The molecule has 6 nitrogen and oxygen atoms in total. The van der Waals surface area contributed by atoms with Crippen LogP contribution in [0.3, 0.4) is 0 Å². The van der Waals surface area contributed by atoms with Gasteiger partial charge in [0, 0.05) is 31.1 Å². The summed E-state index contributed by atoms with van der Waals surface area (Å²) in [5, 5.41) is 3.81. The first-order valence-electron chi connectivity index (χ1n) is 11.8. The van der Waals surface area contributed by atoms with Crippen LogP contribution in [0.2, 0.25) is 5.02 Å². The van der Waals surface area contributed by atoms with Gasteiger partial charge < -0.3 is 19.4 Å². The Morgan fingerprint density at radius 2 is 2.03 bits per heavy atom. The van der Waals surface area contributed by atoms with E-state index in [1.807, 2.05) is 44.2 Å². The zero-order valence-corrected chi connectivity index (χ0v) is 20.2. The van der Waals surface area contributed by atoms with Crippen LogP contribution in [0.25, 0.3) is 11.0 Å². The first-order valence-corrected chi connectivity index (χ1v) is 12.1. The van der Waals surface area contributed by atoms with Crippen LogP contribution in [0.1, 0.15) is 42.6 Å². The number of unbranched alkanes of at least 4 members (excludes halogenated alkanes) is 1. The normalized spacial score (nSPS) is 15.8. The molecule has 1 aliphatic heterocycles. The van der Waals surface area contributed by atoms with Crippen molar-refractivity contribution in [3.63, 3.8) is 0 Å². The zero-order valence-electron chi connectivity index (χ0n) is 19.4. The lowest BCUT2D eigenvalue weighted by atomic mass is 10.1. The Balaban J connectivity index is 1.31. The van der Waals surface area contributed by atoms with Gasteiger partial charge in [0.1, 0.15) is 17.7 Å². The topological polar surface area (TPSA) is 65.4 Å². The van der Waals surface area contributed by atoms with Gasteiger partial charge in [0.15, 0.2) is 0 Å². The van der Waals surface area contributed by atoms with Gasteiger partial charge in [0.2, 0.25) is 5.91 Å². The molecule has 1 aliphatic rings. The number of carbonyl (C=O) groups excluding carboxylic acids is 1. The lowest BCUT2D eigenvalue weighted by molar-refractivity contribution is -0.130. The summed E-state index contributed by atoms with van der Waals surface area (Å²) in [6.07, 6.45) is 4.06. The average Bonchev–Trinajstić information content (AvgIpc) is 3.46. The predicted octanol–water partition coefficient (Wildman–Crippen LogP) is 5.00. The van der Waals surface area contributed by atoms with E-state index in [4.69, 9.17) is 26.1 Å². The zero-order chi connectivity index (χ0) is 23.2. The highest BCUT2D eigenvalue weighted by Gasteiger charge is 2.23. The number of nitrogens with zero attached hydrogens (tertiary/aromatic N) is 2. The Bertz CT molecular complexity index is 1080. The lowest BCUT2D eigenvalue weighted by Crippen LogP contribution is -2.35. The van der Waals surface area contributed by atoms with Gasteiger partial charge in [-0.25, -0.2) is 4.98 Å². The van der Waals surface area contributed by atoms with E-state index in [1.165, 1.54) is 0 Å². The molecular formula is C26H32ClN3O3. The summed E-state index contributed by atoms with van der Waals surface area (Å²) in [4.78, 5) is 17.0. The molecule has 0 radical (unpaired) electrons. The molecule has 33 heavy (non-hydrogen) atoms. The molecule has 1 fully saturated rings. The minimum Gasteiger partial charge on any atom is -0.494 e. The Labute approximate surface area is 200 Å². The van der Waals surface area contributed by atoms with Gasteiger partial charge >= 0.3 is 0 Å². The number of rotatable bonds is 10. The highest BCUT2D eigenvalue weighted by molar-refractivity contribution is 6.32. The average molecular weight is 470 g/mol. The Morgan fingerprint density at radius 1 is 1.24 bits per heavy atom. The fourth-order valence-corrected chi connectivity index (χ4v) is 4.42. The lowest BCUT2D eigenvalue weighted by Gasteiger charge is -2.13. The number of carbonyl (C=O) groups is 1. The third-order valence-corrected chi connectivity index (χ3v) is 6.65. The summed E-state index contributed by atoms with van der Waals surface area (Å²) < 4.78 is 13.7. The van der Waals surface area contributed by atoms with Gasteiger partial charge in [0.05, 0.1) is 17.6 Å². The monoisotopic (exact) mass is 469 g/mol. The third-order valence-electron chi connectivity index (χ3n) is 6.06. The van der Waals surface area contributed by atoms with E-state index in [0.29, 0.717) is 26.2 Å². The number of hydrogen-bond donors (Lipinski definition) is 1. The summed E-state index contributed by atoms with van der Waals surface area (Å²) >= 11 is 6.25. The number of fused-ring (bicyclic) bond motifs is 1. The number of amides is 1. The number of imidazole rings is 1. The van der Waals surface area contributed by atoms with Gasteiger partial charge in [-0.1, -0.05) is 23.7 Å². The van der Waals surface area contributed by atoms with Crippen LogP contribution >= 0.6 is 11.6 Å². The molecular weight excluding hydrogens is 438 g/mol. The van der Waals surface area contributed by atoms with Crippen molar-refractivity contribution in [1.82, 2.24) is 14.9 Å². The molecule has 0 bridgehead atoms. The van der Waals surface area contributed by atoms with Crippen LogP contribution < -0.4 is 10.1 Å². The molecule has 1 atom stereocenters. The summed E-state index contributed by atoms with van der Waals surface area (Å²) in [6, 6.07) is 12.2. The van der Waals surface area contributed by atoms with Crippen molar-refractivity contribution in [2.24, 2.45) is 0 Å². The van der Waals surface area contributed by atoms with E-state index in [9.17, 15) is 4.79 Å². The molecule has 1 N–H and O–H groups in total. The summed E-state index contributed by atoms with van der Waals surface area (Å²) in [6.45, 7) is 6.74. The van der Waals surface area contributed by atoms with Crippen LogP contribution in [-0.4, -0.2) is 41.3 Å². The molecule has 176 valence electrons. The highest BCUT2D eigenvalue weighted by Crippen LogP contribution is 2.26. The summed E-state index contributed by atoms with van der Waals surface area (Å²) in [5.41, 5.74) is 4.18. The van der Waals surface area contributed by atoms with E-state index in [-0.39, 0.29) is 12.0 Å². The molecule has 1 amide bonds. The number of hydrogen-bond acceptors (Lipinski definition) is 4. The van der Waals surface area contributed by atoms with E-state index >= 15 is 0 Å². The number of para-hydroxylation sites is 2. The predicted molar refractivity (Wildman–Crippen MR) is 131 cm³/mol. The Morgan fingerprint density at radius 3 is 2.79 bits per heavy atom. The Hall–Kier alpha value is -2.57. The van der Waals surface area contributed by atoms with Crippen molar-refractivity contribution in [2.45, 2.75) is 58.6 Å². The molecule has 2 heterocycles. The van der Waals surface area contributed by atoms with E-state index in [2.05, 4.69) is 16.0 Å². The molecule has 4 rings (SSSR count).